The van der Waals surface area contributed by atoms with Crippen LogP contribution in [0.4, 0.5) is 0 Å². The van der Waals surface area contributed by atoms with Gasteiger partial charge in [-0.05, 0) is 0 Å². The Bertz CT molecular complexity index is 592. The zero-order valence-electron chi connectivity index (χ0n) is 13.3. The topological polar surface area (TPSA) is 84.9 Å². The van der Waals surface area contributed by atoms with E-state index in [0.29, 0.717) is 37.8 Å². The van der Waals surface area contributed by atoms with Gasteiger partial charge in [0.2, 0.25) is 23.6 Å². The Labute approximate surface area is 134 Å². The maximum absolute atomic E-state index is 12.5. The number of carbonyl (C=O) groups excluding carboxylic acids is 2. The third-order valence-corrected chi connectivity index (χ3v) is 4.26. The third-order valence-electron chi connectivity index (χ3n) is 4.26. The quantitative estimate of drug-likeness (QED) is 0.773. The van der Waals surface area contributed by atoms with E-state index in [0.717, 1.165) is 6.42 Å². The smallest absolute Gasteiger partial charge is 0.233 e. The van der Waals surface area contributed by atoms with E-state index in [1.54, 1.807) is 29.0 Å². The number of hydrogen-bond acceptors (Lipinski definition) is 6. The summed E-state index contributed by atoms with van der Waals surface area (Å²) in [6.45, 7) is 1.66. The maximum atomic E-state index is 12.5. The number of methoxy groups -OCH3 is 1. The molecular formula is C15H20N4O4. The van der Waals surface area contributed by atoms with Gasteiger partial charge in [-0.1, -0.05) is 0 Å². The van der Waals surface area contributed by atoms with E-state index in [4.69, 9.17) is 9.47 Å². The summed E-state index contributed by atoms with van der Waals surface area (Å²) in [4.78, 5) is 27.4. The van der Waals surface area contributed by atoms with Gasteiger partial charge in [0.05, 0.1) is 19.6 Å². The largest absolute Gasteiger partial charge is 0.480 e. The van der Waals surface area contributed by atoms with Gasteiger partial charge in [0, 0.05) is 45.1 Å². The van der Waals surface area contributed by atoms with Crippen LogP contribution in [0.3, 0.4) is 0 Å². The molecule has 1 aromatic heterocycles. The zero-order valence-corrected chi connectivity index (χ0v) is 13.3. The van der Waals surface area contributed by atoms with Gasteiger partial charge in [-0.15, -0.1) is 10.2 Å². The minimum Gasteiger partial charge on any atom is -0.480 e. The average Bonchev–Trinajstić information content (AvgIpc) is 3.15. The first-order chi connectivity index (χ1) is 11.1. The second kappa shape index (κ2) is 6.39. The van der Waals surface area contributed by atoms with Crippen molar-refractivity contribution in [3.05, 3.63) is 12.1 Å². The summed E-state index contributed by atoms with van der Waals surface area (Å²) in [5, 5.41) is 7.78. The predicted octanol–water partition coefficient (Wildman–Crippen LogP) is -0.0568. The summed E-state index contributed by atoms with van der Waals surface area (Å²) in [5.74, 6) is 0.682. The molecule has 0 aromatic carbocycles. The molecule has 2 aliphatic rings. The monoisotopic (exact) mass is 320 g/mol. The Morgan fingerprint density at radius 3 is 2.61 bits per heavy atom. The number of amides is 2. The summed E-state index contributed by atoms with van der Waals surface area (Å²) in [6.07, 6.45) is 0.952. The molecule has 8 heteroatoms. The molecule has 2 amide bonds. The van der Waals surface area contributed by atoms with Gasteiger partial charge in [-0.3, -0.25) is 9.59 Å². The van der Waals surface area contributed by atoms with Crippen molar-refractivity contribution in [3.8, 4) is 11.8 Å². The third kappa shape index (κ3) is 3.35. The number of nitrogens with zero attached hydrogens (tertiary/aromatic N) is 4. The highest BCUT2D eigenvalue weighted by Gasteiger charge is 2.37. The summed E-state index contributed by atoms with van der Waals surface area (Å²) in [6, 6.07) is 3.38. The number of carbonyl (C=O) groups is 2. The minimum absolute atomic E-state index is 0.0313. The summed E-state index contributed by atoms with van der Waals surface area (Å²) < 4.78 is 10.7. The molecule has 8 nitrogen and oxygen atoms in total. The molecule has 0 aliphatic carbocycles. The van der Waals surface area contributed by atoms with Crippen LogP contribution < -0.4 is 9.47 Å². The second-order valence-electron chi connectivity index (χ2n) is 5.90. The lowest BCUT2D eigenvalue weighted by atomic mass is 10.1. The van der Waals surface area contributed by atoms with E-state index in [9.17, 15) is 9.59 Å². The lowest BCUT2D eigenvalue weighted by molar-refractivity contribution is -0.135. The van der Waals surface area contributed by atoms with Gasteiger partial charge in [0.15, 0.2) is 0 Å². The van der Waals surface area contributed by atoms with Crippen molar-refractivity contribution < 1.29 is 19.1 Å². The lowest BCUT2D eigenvalue weighted by Gasteiger charge is -2.20. The van der Waals surface area contributed by atoms with Crippen LogP contribution in [0.5, 0.6) is 11.8 Å². The van der Waals surface area contributed by atoms with E-state index in [1.807, 2.05) is 0 Å². The van der Waals surface area contributed by atoms with Gasteiger partial charge in [0.1, 0.15) is 6.10 Å². The van der Waals surface area contributed by atoms with Crippen molar-refractivity contribution in [1.82, 2.24) is 20.0 Å². The Morgan fingerprint density at radius 1 is 1.26 bits per heavy atom. The van der Waals surface area contributed by atoms with Gasteiger partial charge in [0.25, 0.3) is 0 Å². The van der Waals surface area contributed by atoms with E-state index >= 15 is 0 Å². The molecule has 1 aromatic rings. The number of hydrogen-bond donors (Lipinski definition) is 0. The highest BCUT2D eigenvalue weighted by atomic mass is 16.5. The van der Waals surface area contributed by atoms with Crippen LogP contribution in [0.15, 0.2) is 12.1 Å². The Hall–Kier alpha value is -2.38. The van der Waals surface area contributed by atoms with E-state index in [1.165, 1.54) is 7.11 Å². The van der Waals surface area contributed by atoms with Crippen molar-refractivity contribution in [2.45, 2.75) is 18.9 Å². The lowest BCUT2D eigenvalue weighted by Crippen LogP contribution is -2.36. The molecule has 0 N–H and O–H groups in total. The first kappa shape index (κ1) is 15.5. The SMILES string of the molecule is COc1ccc(O[C@@H]2CCN(C(=O)[C@H]3CC(=O)N(C)C3)C2)nn1. The summed E-state index contributed by atoms with van der Waals surface area (Å²) >= 11 is 0. The van der Waals surface area contributed by atoms with Gasteiger partial charge in [-0.2, -0.15) is 0 Å². The molecule has 23 heavy (non-hydrogen) atoms. The fourth-order valence-electron chi connectivity index (χ4n) is 2.96. The van der Waals surface area contributed by atoms with Crippen molar-refractivity contribution in [1.29, 1.82) is 0 Å². The standard InChI is InChI=1S/C15H20N4O4/c1-18-8-10(7-14(18)20)15(21)19-6-5-11(9-19)23-13-4-3-12(22-2)16-17-13/h3-4,10-11H,5-9H2,1-2H3/t10-,11+/m0/s1. The van der Waals surface area contributed by atoms with Crippen LogP contribution in [-0.4, -0.2) is 71.7 Å². The highest BCUT2D eigenvalue weighted by Crippen LogP contribution is 2.23. The van der Waals surface area contributed by atoms with Crippen LogP contribution in [-0.2, 0) is 9.59 Å². The van der Waals surface area contributed by atoms with Gasteiger partial charge in [-0.25, -0.2) is 0 Å². The van der Waals surface area contributed by atoms with Crippen molar-refractivity contribution in [2.24, 2.45) is 5.92 Å². The van der Waals surface area contributed by atoms with Crippen LogP contribution in [0.1, 0.15) is 12.8 Å². The van der Waals surface area contributed by atoms with Crippen molar-refractivity contribution in [3.63, 3.8) is 0 Å². The van der Waals surface area contributed by atoms with Crippen LogP contribution in [0.25, 0.3) is 0 Å². The van der Waals surface area contributed by atoms with Gasteiger partial charge < -0.3 is 19.3 Å². The van der Waals surface area contributed by atoms with Crippen LogP contribution in [0, 0.1) is 5.92 Å². The average molecular weight is 320 g/mol. The first-order valence-corrected chi connectivity index (χ1v) is 7.64. The molecule has 0 spiro atoms. The Balaban J connectivity index is 1.53. The second-order valence-corrected chi connectivity index (χ2v) is 5.90. The summed E-state index contributed by atoms with van der Waals surface area (Å²) in [5.41, 5.74) is 0. The minimum atomic E-state index is -0.230. The molecule has 2 fully saturated rings. The number of aromatic nitrogens is 2. The molecule has 0 saturated carbocycles. The molecule has 0 radical (unpaired) electrons. The zero-order chi connectivity index (χ0) is 16.4. The number of likely N-dealkylation sites (tertiary alicyclic amines) is 2. The molecule has 3 heterocycles. The fourth-order valence-corrected chi connectivity index (χ4v) is 2.96. The molecular weight excluding hydrogens is 300 g/mol. The van der Waals surface area contributed by atoms with Crippen molar-refractivity contribution in [2.75, 3.05) is 33.8 Å². The maximum Gasteiger partial charge on any atom is 0.233 e. The molecule has 2 saturated heterocycles. The highest BCUT2D eigenvalue weighted by molar-refractivity contribution is 5.89. The van der Waals surface area contributed by atoms with E-state index < -0.39 is 0 Å². The molecule has 0 bridgehead atoms. The molecule has 0 unspecified atom stereocenters. The fraction of sp³-hybridized carbons (Fsp3) is 0.600. The predicted molar refractivity (Wildman–Crippen MR) is 79.9 cm³/mol. The number of ether oxygens (including phenoxy) is 2. The van der Waals surface area contributed by atoms with Crippen molar-refractivity contribution >= 4 is 11.8 Å². The molecule has 2 atom stereocenters. The van der Waals surface area contributed by atoms with Crippen LogP contribution >= 0.6 is 0 Å². The first-order valence-electron chi connectivity index (χ1n) is 7.64. The number of rotatable bonds is 4. The van der Waals surface area contributed by atoms with Gasteiger partial charge >= 0.3 is 0 Å². The van der Waals surface area contributed by atoms with Crippen LogP contribution in [0.2, 0.25) is 0 Å². The van der Waals surface area contributed by atoms with E-state index in [-0.39, 0.29) is 23.8 Å². The Kier molecular flexibility index (Phi) is 4.31. The Morgan fingerprint density at radius 2 is 2.00 bits per heavy atom. The molecule has 3 rings (SSSR count). The molecule has 124 valence electrons. The molecule has 2 aliphatic heterocycles. The summed E-state index contributed by atoms with van der Waals surface area (Å²) in [7, 11) is 3.25. The van der Waals surface area contributed by atoms with E-state index in [2.05, 4.69) is 10.2 Å². The normalized spacial score (nSPS) is 24.2.